The summed E-state index contributed by atoms with van der Waals surface area (Å²) in [5.74, 6) is 1.26. The normalized spacial score (nSPS) is 10.3. The average Bonchev–Trinajstić information content (AvgIpc) is 2.59. The van der Waals surface area contributed by atoms with Gasteiger partial charge in [0.25, 0.3) is 5.69 Å². The number of hydrogen-bond donors (Lipinski definition) is 4. The zero-order chi connectivity index (χ0) is 20.0. The Kier molecular flexibility index (Phi) is 7.22. The molecule has 0 heterocycles. The SMILES string of the molecule is N=C(N)SCc1ccc(Cl)cc1Oc1ccc([N+](=O)[O-])cc1CNC(N)=S. The molecule has 0 saturated heterocycles. The first-order valence-electron chi connectivity index (χ1n) is 7.50. The van der Waals surface area contributed by atoms with Gasteiger partial charge < -0.3 is 21.5 Å². The van der Waals surface area contributed by atoms with Crippen LogP contribution in [0.25, 0.3) is 0 Å². The molecule has 0 bridgehead atoms. The summed E-state index contributed by atoms with van der Waals surface area (Å²) in [6.45, 7) is 0.157. The molecule has 0 aliphatic carbocycles. The molecule has 0 radical (unpaired) electrons. The molecule has 0 aliphatic rings. The number of nitrogens with two attached hydrogens (primary N) is 2. The Labute approximate surface area is 169 Å². The predicted octanol–water partition coefficient (Wildman–Crippen LogP) is 3.50. The number of nitro benzene ring substituents is 1. The van der Waals surface area contributed by atoms with Crippen molar-refractivity contribution in [2.75, 3.05) is 0 Å². The number of thioether (sulfide) groups is 1. The summed E-state index contributed by atoms with van der Waals surface area (Å²) in [7, 11) is 0. The monoisotopic (exact) mass is 425 g/mol. The molecule has 142 valence electrons. The van der Waals surface area contributed by atoms with E-state index in [9.17, 15) is 10.1 Å². The van der Waals surface area contributed by atoms with Crippen molar-refractivity contribution in [1.82, 2.24) is 5.32 Å². The maximum absolute atomic E-state index is 11.1. The number of nitro groups is 1. The van der Waals surface area contributed by atoms with Crippen LogP contribution >= 0.6 is 35.6 Å². The van der Waals surface area contributed by atoms with E-state index in [1.54, 1.807) is 18.2 Å². The number of thiocarbonyl (C=S) groups is 1. The largest absolute Gasteiger partial charge is 0.457 e. The molecule has 0 unspecified atom stereocenters. The van der Waals surface area contributed by atoms with Gasteiger partial charge in [0, 0.05) is 40.6 Å². The van der Waals surface area contributed by atoms with Gasteiger partial charge in [-0.15, -0.1) is 0 Å². The van der Waals surface area contributed by atoms with Crippen LogP contribution in [0.1, 0.15) is 11.1 Å². The number of ether oxygens (including phenoxy) is 1. The van der Waals surface area contributed by atoms with E-state index >= 15 is 0 Å². The van der Waals surface area contributed by atoms with Gasteiger partial charge in [0.1, 0.15) is 11.5 Å². The minimum atomic E-state index is -0.498. The lowest BCUT2D eigenvalue weighted by molar-refractivity contribution is -0.384. The zero-order valence-corrected chi connectivity index (χ0v) is 16.3. The van der Waals surface area contributed by atoms with Gasteiger partial charge in [0.15, 0.2) is 10.3 Å². The van der Waals surface area contributed by atoms with E-state index < -0.39 is 4.92 Å². The molecule has 11 heteroatoms. The summed E-state index contributed by atoms with van der Waals surface area (Å²) >= 11 is 12.0. The molecule has 0 amide bonds. The van der Waals surface area contributed by atoms with Crippen LogP contribution in [0, 0.1) is 15.5 Å². The predicted molar refractivity (Wildman–Crippen MR) is 111 cm³/mol. The molecule has 0 saturated carbocycles. The molecule has 6 N–H and O–H groups in total. The zero-order valence-electron chi connectivity index (χ0n) is 13.9. The second-order valence-electron chi connectivity index (χ2n) is 5.27. The molecular weight excluding hydrogens is 410 g/mol. The highest BCUT2D eigenvalue weighted by atomic mass is 35.5. The number of rotatable bonds is 7. The Morgan fingerprint density at radius 1 is 1.26 bits per heavy atom. The minimum absolute atomic E-state index is 0.0208. The Balaban J connectivity index is 2.37. The van der Waals surface area contributed by atoms with E-state index in [0.717, 1.165) is 17.3 Å². The van der Waals surface area contributed by atoms with E-state index in [-0.39, 0.29) is 22.5 Å². The van der Waals surface area contributed by atoms with Crippen LogP contribution in [0.2, 0.25) is 5.02 Å². The first kappa shape index (κ1) is 20.7. The Hall–Kier alpha value is -2.56. The molecule has 0 atom stereocenters. The molecule has 0 spiro atoms. The van der Waals surface area contributed by atoms with Crippen LogP contribution in [0.3, 0.4) is 0 Å². The van der Waals surface area contributed by atoms with Gasteiger partial charge in [0.05, 0.1) is 4.92 Å². The van der Waals surface area contributed by atoms with Gasteiger partial charge in [-0.05, 0) is 30.4 Å². The topological polar surface area (TPSA) is 140 Å². The Morgan fingerprint density at radius 3 is 2.63 bits per heavy atom. The first-order chi connectivity index (χ1) is 12.8. The quantitative estimate of drug-likeness (QED) is 0.174. The lowest BCUT2D eigenvalue weighted by Crippen LogP contribution is -2.28. The van der Waals surface area contributed by atoms with Crippen molar-refractivity contribution < 1.29 is 9.66 Å². The van der Waals surface area contributed by atoms with Crippen molar-refractivity contribution in [2.24, 2.45) is 11.5 Å². The number of hydrogen-bond acceptors (Lipinski definition) is 6. The maximum Gasteiger partial charge on any atom is 0.270 e. The summed E-state index contributed by atoms with van der Waals surface area (Å²) in [5.41, 5.74) is 12.0. The summed E-state index contributed by atoms with van der Waals surface area (Å²) in [6, 6.07) is 9.33. The number of amidine groups is 1. The highest BCUT2D eigenvalue weighted by Crippen LogP contribution is 2.34. The maximum atomic E-state index is 11.1. The van der Waals surface area contributed by atoms with E-state index in [0.29, 0.717) is 27.8 Å². The molecular formula is C16H16ClN5O3S2. The molecule has 0 aliphatic heterocycles. The number of nitrogens with one attached hydrogen (secondary N) is 2. The second kappa shape index (κ2) is 9.40. The van der Waals surface area contributed by atoms with Crippen LogP contribution in [-0.4, -0.2) is 15.2 Å². The molecule has 0 fully saturated rings. The summed E-state index contributed by atoms with van der Waals surface area (Å²) in [4.78, 5) is 10.6. The van der Waals surface area contributed by atoms with E-state index in [4.69, 9.17) is 45.4 Å². The van der Waals surface area contributed by atoms with Gasteiger partial charge in [-0.2, -0.15) is 0 Å². The number of nitrogens with zero attached hydrogens (tertiary/aromatic N) is 1. The number of halogens is 1. The lowest BCUT2D eigenvalue weighted by atomic mass is 10.1. The second-order valence-corrected chi connectivity index (χ2v) is 7.17. The van der Waals surface area contributed by atoms with Crippen LogP contribution in [-0.2, 0) is 12.3 Å². The summed E-state index contributed by atoms with van der Waals surface area (Å²) < 4.78 is 5.97. The van der Waals surface area contributed by atoms with E-state index in [1.165, 1.54) is 18.2 Å². The van der Waals surface area contributed by atoms with Crippen molar-refractivity contribution in [3.05, 3.63) is 62.7 Å². The molecule has 0 aromatic heterocycles. The Morgan fingerprint density at radius 2 is 2.00 bits per heavy atom. The Bertz CT molecular complexity index is 894. The fraction of sp³-hybridized carbons (Fsp3) is 0.125. The van der Waals surface area contributed by atoms with Gasteiger partial charge in [-0.3, -0.25) is 15.5 Å². The van der Waals surface area contributed by atoms with Crippen LogP contribution < -0.4 is 21.5 Å². The third-order valence-corrected chi connectivity index (χ3v) is 4.49. The molecule has 2 aromatic rings. The highest BCUT2D eigenvalue weighted by molar-refractivity contribution is 8.13. The van der Waals surface area contributed by atoms with Crippen molar-refractivity contribution in [2.45, 2.75) is 12.3 Å². The molecule has 2 rings (SSSR count). The number of non-ortho nitro benzene ring substituents is 1. The standard InChI is InChI=1S/C16H16ClN5O3S2/c17-11-2-1-9(8-27-15(18)19)14(6-11)25-13-4-3-12(22(23)24)5-10(13)7-21-16(20)26/h1-6H,7-8H2,(H3,18,19)(H3,20,21,26). The first-order valence-corrected chi connectivity index (χ1v) is 9.27. The minimum Gasteiger partial charge on any atom is -0.457 e. The van der Waals surface area contributed by atoms with Crippen LogP contribution in [0.15, 0.2) is 36.4 Å². The van der Waals surface area contributed by atoms with Crippen molar-refractivity contribution in [3.8, 4) is 11.5 Å². The third-order valence-electron chi connectivity index (χ3n) is 3.34. The average molecular weight is 426 g/mol. The van der Waals surface area contributed by atoms with Gasteiger partial charge in [0.2, 0.25) is 0 Å². The van der Waals surface area contributed by atoms with Gasteiger partial charge in [-0.1, -0.05) is 29.4 Å². The summed E-state index contributed by atoms with van der Waals surface area (Å²) in [5, 5.41) is 21.7. The fourth-order valence-electron chi connectivity index (χ4n) is 2.12. The van der Waals surface area contributed by atoms with Crippen molar-refractivity contribution >= 4 is 51.5 Å². The fourth-order valence-corrected chi connectivity index (χ4v) is 2.90. The third kappa shape index (κ3) is 6.27. The van der Waals surface area contributed by atoms with Crippen molar-refractivity contribution in [1.29, 1.82) is 5.41 Å². The lowest BCUT2D eigenvalue weighted by Gasteiger charge is -2.15. The molecule has 2 aromatic carbocycles. The van der Waals surface area contributed by atoms with Gasteiger partial charge in [-0.25, -0.2) is 0 Å². The van der Waals surface area contributed by atoms with E-state index in [1.807, 2.05) is 0 Å². The summed E-state index contributed by atoms with van der Waals surface area (Å²) in [6.07, 6.45) is 0. The number of benzene rings is 2. The molecule has 27 heavy (non-hydrogen) atoms. The molecule has 8 nitrogen and oxygen atoms in total. The van der Waals surface area contributed by atoms with Crippen molar-refractivity contribution in [3.63, 3.8) is 0 Å². The van der Waals surface area contributed by atoms with E-state index in [2.05, 4.69) is 5.32 Å². The smallest absolute Gasteiger partial charge is 0.270 e. The highest BCUT2D eigenvalue weighted by Gasteiger charge is 2.15. The van der Waals surface area contributed by atoms with Gasteiger partial charge >= 0.3 is 0 Å². The van der Waals surface area contributed by atoms with Crippen LogP contribution in [0.4, 0.5) is 5.69 Å². The van der Waals surface area contributed by atoms with Crippen LogP contribution in [0.5, 0.6) is 11.5 Å².